The van der Waals surface area contributed by atoms with Gasteiger partial charge in [-0.3, -0.25) is 9.59 Å². The van der Waals surface area contributed by atoms with Crippen LogP contribution < -0.4 is 15.5 Å². The van der Waals surface area contributed by atoms with Crippen molar-refractivity contribution in [2.45, 2.75) is 6.92 Å². The number of carbonyl (C=O) groups is 2. The molecule has 0 aliphatic rings. The number of halogens is 1. The fourth-order valence-electron chi connectivity index (χ4n) is 2.50. The lowest BCUT2D eigenvalue weighted by Crippen LogP contribution is -2.20. The van der Waals surface area contributed by atoms with Crippen LogP contribution >= 0.6 is 0 Å². The zero-order valence-corrected chi connectivity index (χ0v) is 16.3. The molecule has 6 nitrogen and oxygen atoms in total. The molecular weight excluding hydrogens is 385 g/mol. The summed E-state index contributed by atoms with van der Waals surface area (Å²) in [7, 11) is 0. The first-order valence-electron chi connectivity index (χ1n) is 9.18. The summed E-state index contributed by atoms with van der Waals surface area (Å²) in [6.07, 6.45) is 1.48. The van der Waals surface area contributed by atoms with Crippen LogP contribution in [-0.4, -0.2) is 24.6 Å². The van der Waals surface area contributed by atoms with Crippen molar-refractivity contribution in [1.29, 1.82) is 0 Å². The van der Waals surface area contributed by atoms with E-state index in [4.69, 9.17) is 4.74 Å². The van der Waals surface area contributed by atoms with E-state index in [2.05, 4.69) is 15.8 Å². The molecule has 2 amide bonds. The minimum absolute atomic E-state index is 0.206. The van der Waals surface area contributed by atoms with Gasteiger partial charge in [0.1, 0.15) is 11.6 Å². The minimum atomic E-state index is -0.377. The van der Waals surface area contributed by atoms with Crippen molar-refractivity contribution < 1.29 is 18.7 Å². The maximum Gasteiger partial charge on any atom is 0.271 e. The summed E-state index contributed by atoms with van der Waals surface area (Å²) < 4.78 is 18.4. The van der Waals surface area contributed by atoms with E-state index in [-0.39, 0.29) is 24.2 Å². The van der Waals surface area contributed by atoms with Gasteiger partial charge in [0.25, 0.3) is 11.8 Å². The highest BCUT2D eigenvalue weighted by molar-refractivity contribution is 5.95. The van der Waals surface area contributed by atoms with Gasteiger partial charge in [0.05, 0.1) is 6.21 Å². The smallest absolute Gasteiger partial charge is 0.271 e. The number of amides is 2. The number of benzene rings is 3. The van der Waals surface area contributed by atoms with Crippen LogP contribution in [0.4, 0.5) is 10.1 Å². The first-order valence-corrected chi connectivity index (χ1v) is 9.18. The zero-order valence-electron chi connectivity index (χ0n) is 16.3. The molecule has 0 saturated carbocycles. The van der Waals surface area contributed by atoms with E-state index in [0.29, 0.717) is 22.6 Å². The summed E-state index contributed by atoms with van der Waals surface area (Å²) in [6.45, 7) is 1.74. The van der Waals surface area contributed by atoms with Crippen LogP contribution in [-0.2, 0) is 4.79 Å². The van der Waals surface area contributed by atoms with Crippen molar-refractivity contribution in [1.82, 2.24) is 5.43 Å². The molecule has 0 radical (unpaired) electrons. The molecule has 30 heavy (non-hydrogen) atoms. The molecule has 7 heteroatoms. The topological polar surface area (TPSA) is 79.8 Å². The van der Waals surface area contributed by atoms with Crippen molar-refractivity contribution in [3.8, 4) is 5.75 Å². The molecule has 0 saturated heterocycles. The Hall–Kier alpha value is -4.00. The minimum Gasteiger partial charge on any atom is -0.484 e. The van der Waals surface area contributed by atoms with Gasteiger partial charge >= 0.3 is 0 Å². The Kier molecular flexibility index (Phi) is 6.89. The third-order valence-electron chi connectivity index (χ3n) is 4.05. The number of hydrogen-bond acceptors (Lipinski definition) is 4. The van der Waals surface area contributed by atoms with Gasteiger partial charge in [0, 0.05) is 11.3 Å². The van der Waals surface area contributed by atoms with E-state index >= 15 is 0 Å². The number of nitrogens with one attached hydrogen (secondary N) is 2. The molecule has 0 aromatic heterocycles. The van der Waals surface area contributed by atoms with Gasteiger partial charge in [0.15, 0.2) is 6.61 Å². The summed E-state index contributed by atoms with van der Waals surface area (Å²) in [4.78, 5) is 24.0. The molecule has 152 valence electrons. The largest absolute Gasteiger partial charge is 0.484 e. The molecule has 3 rings (SSSR count). The van der Waals surface area contributed by atoms with E-state index < -0.39 is 0 Å². The lowest BCUT2D eigenvalue weighted by Gasteiger charge is -2.08. The number of carbonyl (C=O) groups excluding carboxylic acids is 2. The lowest BCUT2D eigenvalue weighted by molar-refractivity contribution is -0.118. The van der Waals surface area contributed by atoms with Crippen molar-refractivity contribution in [2.75, 3.05) is 11.9 Å². The van der Waals surface area contributed by atoms with Crippen LogP contribution in [0, 0.1) is 12.7 Å². The van der Waals surface area contributed by atoms with Crippen molar-refractivity contribution in [3.05, 3.63) is 95.3 Å². The van der Waals surface area contributed by atoms with Crippen LogP contribution in [0.15, 0.2) is 77.9 Å². The number of ether oxygens (including phenoxy) is 1. The number of anilines is 1. The predicted octanol–water partition coefficient (Wildman–Crippen LogP) is 3.92. The molecule has 2 N–H and O–H groups in total. The number of rotatable bonds is 7. The average molecular weight is 405 g/mol. The van der Waals surface area contributed by atoms with Gasteiger partial charge < -0.3 is 10.1 Å². The summed E-state index contributed by atoms with van der Waals surface area (Å²) in [5.74, 6) is -0.585. The second-order valence-electron chi connectivity index (χ2n) is 6.48. The third-order valence-corrected chi connectivity index (χ3v) is 4.05. The maximum absolute atomic E-state index is 12.9. The van der Waals surface area contributed by atoms with Crippen molar-refractivity contribution in [3.63, 3.8) is 0 Å². The Morgan fingerprint density at radius 3 is 2.50 bits per heavy atom. The molecule has 0 heterocycles. The SMILES string of the molecule is Cc1ccc(C(=O)N/N=C/c2cccc(OCC(=O)Nc3ccc(F)cc3)c2)cc1. The quantitative estimate of drug-likeness (QED) is 0.462. The molecule has 3 aromatic rings. The number of hydrogen-bond donors (Lipinski definition) is 2. The number of aryl methyl sites for hydroxylation is 1. The molecule has 0 bridgehead atoms. The fraction of sp³-hybridized carbons (Fsp3) is 0.0870. The van der Waals surface area contributed by atoms with Gasteiger partial charge in [-0.15, -0.1) is 0 Å². The zero-order chi connectivity index (χ0) is 21.3. The number of hydrazone groups is 1. The Labute approximate surface area is 173 Å². The third kappa shape index (κ3) is 6.27. The second kappa shape index (κ2) is 9.97. The number of nitrogens with zero attached hydrogens (tertiary/aromatic N) is 1. The van der Waals surface area contributed by atoms with Gasteiger partial charge in [-0.25, -0.2) is 9.82 Å². The molecule has 0 fully saturated rings. The van der Waals surface area contributed by atoms with Crippen LogP contribution in [0.2, 0.25) is 0 Å². The van der Waals surface area contributed by atoms with E-state index in [9.17, 15) is 14.0 Å². The molecule has 3 aromatic carbocycles. The molecule has 0 unspecified atom stereocenters. The molecular formula is C23H20FN3O3. The van der Waals surface area contributed by atoms with E-state index in [0.717, 1.165) is 5.56 Å². The average Bonchev–Trinajstić information content (AvgIpc) is 2.75. The van der Waals surface area contributed by atoms with Crippen LogP contribution in [0.1, 0.15) is 21.5 Å². The molecule has 0 aliphatic heterocycles. The highest BCUT2D eigenvalue weighted by Gasteiger charge is 2.05. The Morgan fingerprint density at radius 2 is 1.77 bits per heavy atom. The summed E-state index contributed by atoms with van der Waals surface area (Å²) in [5, 5.41) is 6.56. The van der Waals surface area contributed by atoms with Crippen molar-refractivity contribution in [2.24, 2.45) is 5.10 Å². The highest BCUT2D eigenvalue weighted by atomic mass is 19.1. The fourth-order valence-corrected chi connectivity index (χ4v) is 2.50. The standard InChI is InChI=1S/C23H20FN3O3/c1-16-5-7-18(8-6-16)23(29)27-25-14-17-3-2-4-21(13-17)30-15-22(28)26-20-11-9-19(24)10-12-20/h2-14H,15H2,1H3,(H,26,28)(H,27,29)/b25-14+. The Balaban J connectivity index is 1.50. The predicted molar refractivity (Wildman–Crippen MR) is 113 cm³/mol. The summed E-state index contributed by atoms with van der Waals surface area (Å²) in [6, 6.07) is 19.5. The maximum atomic E-state index is 12.9. The van der Waals surface area contributed by atoms with E-state index in [1.807, 2.05) is 19.1 Å². The van der Waals surface area contributed by atoms with Crippen LogP contribution in [0.3, 0.4) is 0 Å². The molecule has 0 aliphatic carbocycles. The Bertz CT molecular complexity index is 1050. The van der Waals surface area contributed by atoms with E-state index in [1.54, 1.807) is 36.4 Å². The van der Waals surface area contributed by atoms with Gasteiger partial charge in [-0.2, -0.15) is 5.10 Å². The molecule has 0 atom stereocenters. The second-order valence-corrected chi connectivity index (χ2v) is 6.48. The van der Waals surface area contributed by atoms with Gasteiger partial charge in [0.2, 0.25) is 0 Å². The summed E-state index contributed by atoms with van der Waals surface area (Å²) in [5.41, 5.74) is 5.22. The first kappa shape index (κ1) is 20.7. The lowest BCUT2D eigenvalue weighted by atomic mass is 10.1. The highest BCUT2D eigenvalue weighted by Crippen LogP contribution is 2.13. The van der Waals surface area contributed by atoms with E-state index in [1.165, 1.54) is 30.5 Å². The molecule has 0 spiro atoms. The Morgan fingerprint density at radius 1 is 1.03 bits per heavy atom. The normalized spacial score (nSPS) is 10.6. The van der Waals surface area contributed by atoms with Crippen LogP contribution in [0.25, 0.3) is 0 Å². The van der Waals surface area contributed by atoms with Gasteiger partial charge in [-0.1, -0.05) is 29.8 Å². The summed E-state index contributed by atoms with van der Waals surface area (Å²) >= 11 is 0. The van der Waals surface area contributed by atoms with Crippen LogP contribution in [0.5, 0.6) is 5.75 Å². The van der Waals surface area contributed by atoms with Crippen molar-refractivity contribution >= 4 is 23.7 Å². The first-order chi connectivity index (χ1) is 14.5. The monoisotopic (exact) mass is 405 g/mol. The van der Waals surface area contributed by atoms with Gasteiger partial charge in [-0.05, 0) is 61.0 Å².